The summed E-state index contributed by atoms with van der Waals surface area (Å²) in [6.07, 6.45) is 3.69. The number of benzene rings is 2. The summed E-state index contributed by atoms with van der Waals surface area (Å²) in [7, 11) is 0. The van der Waals surface area contributed by atoms with Crippen molar-refractivity contribution in [3.63, 3.8) is 0 Å². The molecule has 2 heterocycles. The number of rotatable bonds is 1. The van der Waals surface area contributed by atoms with Crippen LogP contribution in [0, 0.1) is 10.1 Å². The average molecular weight is 292 g/mol. The number of ether oxygens (including phenoxy) is 1. The third-order valence-electron chi connectivity index (χ3n) is 4.09. The lowest BCUT2D eigenvalue weighted by Gasteiger charge is -2.30. The number of non-ortho nitro benzene ring substituents is 1. The number of hydrogen-bond acceptors (Lipinski definition) is 4. The summed E-state index contributed by atoms with van der Waals surface area (Å²) in [5, 5.41) is 12.8. The Morgan fingerprint density at radius 1 is 1.23 bits per heavy atom. The standard InChI is InChI=1S/C17H12N2O3/c1-11-14-4-2-3-5-15(14)18-17(11)9-8-12-10-13(19(20)21)6-7-16(12)22-17/h2-10H,1H3. The topological polar surface area (TPSA) is 64.7 Å². The number of fused-ring (bicyclic) bond motifs is 2. The molecule has 5 nitrogen and oxygen atoms in total. The molecule has 2 aliphatic rings. The maximum atomic E-state index is 10.9. The van der Waals surface area contributed by atoms with Crippen LogP contribution in [-0.2, 0) is 0 Å². The van der Waals surface area contributed by atoms with E-state index >= 15 is 0 Å². The van der Waals surface area contributed by atoms with Gasteiger partial charge in [0.25, 0.3) is 5.69 Å². The van der Waals surface area contributed by atoms with Crippen LogP contribution in [0.3, 0.4) is 0 Å². The van der Waals surface area contributed by atoms with Gasteiger partial charge in [-0.1, -0.05) is 18.2 Å². The Morgan fingerprint density at radius 2 is 2.05 bits per heavy atom. The molecule has 5 heteroatoms. The fraction of sp³-hybridized carbons (Fsp3) is 0.118. The first kappa shape index (κ1) is 12.8. The molecule has 0 N–H and O–H groups in total. The lowest BCUT2D eigenvalue weighted by atomic mass is 9.99. The molecule has 22 heavy (non-hydrogen) atoms. The predicted octanol–water partition coefficient (Wildman–Crippen LogP) is 2.20. The van der Waals surface area contributed by atoms with Gasteiger partial charge in [-0.3, -0.25) is 10.1 Å². The first-order valence-electron chi connectivity index (χ1n) is 6.92. The molecule has 0 saturated heterocycles. The van der Waals surface area contributed by atoms with Gasteiger partial charge in [0.1, 0.15) is 5.75 Å². The SMILES string of the molecule is CC1=c2ccccc2=NC12C=Cc1cc([N+](=O)[O-])ccc1O2. The summed E-state index contributed by atoms with van der Waals surface area (Å²) < 4.78 is 6.10. The van der Waals surface area contributed by atoms with Gasteiger partial charge >= 0.3 is 0 Å². The normalized spacial score (nSPS) is 21.0. The molecule has 0 fully saturated rings. The quantitative estimate of drug-likeness (QED) is 0.598. The van der Waals surface area contributed by atoms with Crippen molar-refractivity contribution in [3.8, 4) is 5.75 Å². The van der Waals surface area contributed by atoms with Gasteiger partial charge in [-0.2, -0.15) is 0 Å². The largest absolute Gasteiger partial charge is 0.458 e. The molecule has 0 amide bonds. The Bertz CT molecular complexity index is 962. The zero-order chi connectivity index (χ0) is 15.3. The van der Waals surface area contributed by atoms with Crippen molar-refractivity contribution in [1.29, 1.82) is 0 Å². The summed E-state index contributed by atoms with van der Waals surface area (Å²) in [6.45, 7) is 2.00. The second-order valence-electron chi connectivity index (χ2n) is 5.37. The lowest BCUT2D eigenvalue weighted by molar-refractivity contribution is -0.384. The molecule has 1 atom stereocenters. The molecule has 0 radical (unpaired) electrons. The van der Waals surface area contributed by atoms with Gasteiger partial charge in [-0.25, -0.2) is 4.99 Å². The molecule has 0 saturated carbocycles. The van der Waals surface area contributed by atoms with Crippen LogP contribution < -0.4 is 15.3 Å². The van der Waals surface area contributed by atoms with Crippen molar-refractivity contribution in [2.24, 2.45) is 4.99 Å². The van der Waals surface area contributed by atoms with Gasteiger partial charge in [-0.15, -0.1) is 0 Å². The highest BCUT2D eigenvalue weighted by atomic mass is 16.6. The van der Waals surface area contributed by atoms with Crippen LogP contribution in [0.5, 0.6) is 5.75 Å². The Kier molecular flexibility index (Phi) is 2.48. The number of nitro groups is 1. The number of nitrogens with zero attached hydrogens (tertiary/aromatic N) is 2. The summed E-state index contributed by atoms with van der Waals surface area (Å²) in [4.78, 5) is 15.1. The average Bonchev–Trinajstić information content (AvgIpc) is 2.79. The molecule has 2 aromatic carbocycles. The van der Waals surface area contributed by atoms with Crippen molar-refractivity contribution in [2.75, 3.05) is 0 Å². The van der Waals surface area contributed by atoms with E-state index < -0.39 is 10.6 Å². The first-order valence-corrected chi connectivity index (χ1v) is 6.92. The molecule has 1 unspecified atom stereocenters. The van der Waals surface area contributed by atoms with E-state index in [2.05, 4.69) is 0 Å². The molecule has 0 aliphatic carbocycles. The number of para-hydroxylation sites is 1. The second-order valence-corrected chi connectivity index (χ2v) is 5.37. The molecule has 2 aliphatic heterocycles. The highest BCUT2D eigenvalue weighted by Gasteiger charge is 2.37. The first-order chi connectivity index (χ1) is 10.6. The van der Waals surface area contributed by atoms with Gasteiger partial charge in [0.05, 0.1) is 10.3 Å². The maximum Gasteiger partial charge on any atom is 0.270 e. The Balaban J connectivity index is 1.85. The molecule has 1 spiro atoms. The lowest BCUT2D eigenvalue weighted by Crippen LogP contribution is -2.33. The number of nitro benzene ring substituents is 1. The van der Waals surface area contributed by atoms with Crippen LogP contribution in [0.15, 0.2) is 53.5 Å². The van der Waals surface area contributed by atoms with Crippen LogP contribution >= 0.6 is 0 Å². The van der Waals surface area contributed by atoms with E-state index in [0.717, 1.165) is 16.1 Å². The van der Waals surface area contributed by atoms with Gasteiger partial charge in [-0.05, 0) is 31.2 Å². The second kappa shape index (κ2) is 4.27. The van der Waals surface area contributed by atoms with E-state index in [1.807, 2.05) is 43.3 Å². The van der Waals surface area contributed by atoms with Crippen LogP contribution in [-0.4, -0.2) is 10.6 Å². The van der Waals surface area contributed by atoms with Gasteiger partial charge in [0.15, 0.2) is 0 Å². The summed E-state index contributed by atoms with van der Waals surface area (Å²) >= 11 is 0. The Morgan fingerprint density at radius 3 is 2.82 bits per heavy atom. The minimum absolute atomic E-state index is 0.0512. The highest BCUT2D eigenvalue weighted by molar-refractivity contribution is 5.70. The zero-order valence-electron chi connectivity index (χ0n) is 11.8. The molecular weight excluding hydrogens is 280 g/mol. The van der Waals surface area contributed by atoms with Crippen molar-refractivity contribution < 1.29 is 9.66 Å². The van der Waals surface area contributed by atoms with Crippen molar-refractivity contribution in [2.45, 2.75) is 12.6 Å². The smallest absolute Gasteiger partial charge is 0.270 e. The van der Waals surface area contributed by atoms with Crippen LogP contribution in [0.25, 0.3) is 11.6 Å². The molecular formula is C17H12N2O3. The highest BCUT2D eigenvalue weighted by Crippen LogP contribution is 2.38. The van der Waals surface area contributed by atoms with Crippen LogP contribution in [0.4, 0.5) is 5.69 Å². The molecule has 0 aromatic heterocycles. The van der Waals surface area contributed by atoms with Crippen LogP contribution in [0.1, 0.15) is 12.5 Å². The van der Waals surface area contributed by atoms with E-state index in [0.29, 0.717) is 11.3 Å². The summed E-state index contributed by atoms with van der Waals surface area (Å²) in [5.74, 6) is 0.601. The Hall–Kier alpha value is -2.95. The zero-order valence-corrected chi connectivity index (χ0v) is 11.8. The summed E-state index contributed by atoms with van der Waals surface area (Å²) in [5.41, 5.74) is 0.921. The van der Waals surface area contributed by atoms with Gasteiger partial charge < -0.3 is 4.74 Å². The van der Waals surface area contributed by atoms with Gasteiger partial charge in [0.2, 0.25) is 5.72 Å². The molecule has 108 valence electrons. The minimum atomic E-state index is -0.840. The monoisotopic (exact) mass is 292 g/mol. The number of hydrogen-bond donors (Lipinski definition) is 0. The molecule has 0 bridgehead atoms. The van der Waals surface area contributed by atoms with E-state index in [-0.39, 0.29) is 5.69 Å². The van der Waals surface area contributed by atoms with Crippen molar-refractivity contribution in [1.82, 2.24) is 0 Å². The van der Waals surface area contributed by atoms with Crippen LogP contribution in [0.2, 0.25) is 0 Å². The minimum Gasteiger partial charge on any atom is -0.458 e. The van der Waals surface area contributed by atoms with E-state index in [4.69, 9.17) is 9.73 Å². The summed E-state index contributed by atoms with van der Waals surface area (Å²) in [6, 6.07) is 12.5. The fourth-order valence-electron chi connectivity index (χ4n) is 2.88. The molecule has 4 rings (SSSR count). The van der Waals surface area contributed by atoms with Gasteiger partial charge in [0, 0.05) is 28.5 Å². The van der Waals surface area contributed by atoms with E-state index in [1.165, 1.54) is 12.1 Å². The van der Waals surface area contributed by atoms with E-state index in [9.17, 15) is 10.1 Å². The van der Waals surface area contributed by atoms with E-state index in [1.54, 1.807) is 6.07 Å². The Labute approximate surface area is 126 Å². The fourth-order valence-corrected chi connectivity index (χ4v) is 2.88. The maximum absolute atomic E-state index is 10.9. The third kappa shape index (κ3) is 1.69. The van der Waals surface area contributed by atoms with Crippen molar-refractivity contribution >= 4 is 17.3 Å². The predicted molar refractivity (Wildman–Crippen MR) is 81.8 cm³/mol. The third-order valence-corrected chi connectivity index (χ3v) is 4.09. The molecule has 2 aromatic rings. The van der Waals surface area contributed by atoms with Crippen molar-refractivity contribution in [3.05, 3.63) is 74.8 Å².